The SMILES string of the molecule is CC(CO)NC(=O)Oc1[nH]c2ccc(N(Cc3ccccc3)S(=O)(=O)c3ccc(C(C)(C)C)cc3)cc2c1-c1ccccc1. The van der Waals surface area contributed by atoms with Crippen molar-refractivity contribution in [3.8, 4) is 17.0 Å². The highest BCUT2D eigenvalue weighted by Crippen LogP contribution is 2.40. The topological polar surface area (TPSA) is 112 Å². The number of carbonyl (C=O) groups is 1. The van der Waals surface area contributed by atoms with Gasteiger partial charge in [-0.25, -0.2) is 13.2 Å². The second-order valence-electron chi connectivity index (χ2n) is 11.8. The number of carbonyl (C=O) groups excluding carboxylic acids is 1. The molecule has 0 radical (unpaired) electrons. The molecule has 0 fully saturated rings. The third-order valence-electron chi connectivity index (χ3n) is 7.41. The largest absolute Gasteiger partial charge is 0.414 e. The average Bonchev–Trinajstić information content (AvgIpc) is 3.37. The van der Waals surface area contributed by atoms with E-state index < -0.39 is 22.2 Å². The Morgan fingerprint density at radius 2 is 1.57 bits per heavy atom. The number of hydrogen-bond donors (Lipinski definition) is 3. The predicted octanol–water partition coefficient (Wildman–Crippen LogP) is 7.00. The normalized spacial score (nSPS) is 12.6. The molecule has 0 aliphatic heterocycles. The first-order valence-electron chi connectivity index (χ1n) is 14.4. The molecule has 0 aliphatic carbocycles. The minimum atomic E-state index is -3.99. The number of ether oxygens (including phenoxy) is 1. The maximum atomic E-state index is 14.3. The van der Waals surface area contributed by atoms with Gasteiger partial charge in [-0.3, -0.25) is 4.31 Å². The number of nitrogens with one attached hydrogen (secondary N) is 2. The maximum absolute atomic E-state index is 14.3. The molecule has 9 heteroatoms. The summed E-state index contributed by atoms with van der Waals surface area (Å²) in [6, 6.07) is 30.8. The molecule has 0 aliphatic rings. The summed E-state index contributed by atoms with van der Waals surface area (Å²) < 4.78 is 35.7. The van der Waals surface area contributed by atoms with Gasteiger partial charge in [-0.1, -0.05) is 93.6 Å². The van der Waals surface area contributed by atoms with E-state index in [2.05, 4.69) is 31.1 Å². The summed E-state index contributed by atoms with van der Waals surface area (Å²) in [6.07, 6.45) is -0.720. The molecule has 1 atom stereocenters. The van der Waals surface area contributed by atoms with Gasteiger partial charge in [-0.05, 0) is 59.4 Å². The maximum Gasteiger partial charge on any atom is 0.414 e. The summed E-state index contributed by atoms with van der Waals surface area (Å²) in [7, 11) is -3.99. The number of aromatic nitrogens is 1. The second-order valence-corrected chi connectivity index (χ2v) is 13.7. The molecule has 0 bridgehead atoms. The number of aromatic amines is 1. The van der Waals surface area contributed by atoms with Crippen molar-refractivity contribution in [2.24, 2.45) is 0 Å². The fourth-order valence-electron chi connectivity index (χ4n) is 4.97. The minimum absolute atomic E-state index is 0.117. The number of hydrogen-bond acceptors (Lipinski definition) is 5. The van der Waals surface area contributed by atoms with Gasteiger partial charge in [0.25, 0.3) is 10.0 Å². The molecule has 8 nitrogen and oxygen atoms in total. The van der Waals surface area contributed by atoms with Gasteiger partial charge in [0.05, 0.1) is 35.3 Å². The summed E-state index contributed by atoms with van der Waals surface area (Å²) in [5.74, 6) is 0.209. The van der Waals surface area contributed by atoms with Crippen LogP contribution in [0, 0.1) is 0 Å². The van der Waals surface area contributed by atoms with Gasteiger partial charge < -0.3 is 20.1 Å². The van der Waals surface area contributed by atoms with Crippen molar-refractivity contribution in [1.29, 1.82) is 0 Å². The molecule has 5 aromatic rings. The molecule has 1 aromatic heterocycles. The Morgan fingerprint density at radius 1 is 0.932 bits per heavy atom. The Balaban J connectivity index is 1.64. The van der Waals surface area contributed by atoms with E-state index in [-0.39, 0.29) is 29.3 Å². The lowest BCUT2D eigenvalue weighted by Gasteiger charge is -2.26. The van der Waals surface area contributed by atoms with Crippen LogP contribution in [-0.2, 0) is 22.0 Å². The Morgan fingerprint density at radius 3 is 2.18 bits per heavy atom. The lowest BCUT2D eigenvalue weighted by molar-refractivity contribution is 0.184. The van der Waals surface area contributed by atoms with E-state index in [0.717, 1.165) is 16.7 Å². The zero-order valence-electron chi connectivity index (χ0n) is 25.2. The molecule has 1 amide bonds. The van der Waals surface area contributed by atoms with Crippen LogP contribution in [-0.4, -0.2) is 37.3 Å². The van der Waals surface area contributed by atoms with Crippen molar-refractivity contribution >= 4 is 32.7 Å². The molecule has 5 rings (SSSR count). The fraction of sp³-hybridized carbons (Fsp3) is 0.229. The van der Waals surface area contributed by atoms with Crippen LogP contribution in [0.4, 0.5) is 10.5 Å². The molecule has 0 saturated heterocycles. The van der Waals surface area contributed by atoms with Gasteiger partial charge in [-0.2, -0.15) is 0 Å². The van der Waals surface area contributed by atoms with Crippen molar-refractivity contribution in [2.75, 3.05) is 10.9 Å². The molecular formula is C35H37N3O5S. The first-order chi connectivity index (χ1) is 21.0. The average molecular weight is 612 g/mol. The number of anilines is 1. The summed E-state index contributed by atoms with van der Waals surface area (Å²) in [5.41, 5.74) is 4.27. The van der Waals surface area contributed by atoms with E-state index in [4.69, 9.17) is 4.74 Å². The first kappa shape index (κ1) is 30.8. The number of aliphatic hydroxyl groups excluding tert-OH is 1. The molecular weight excluding hydrogens is 574 g/mol. The van der Waals surface area contributed by atoms with Crippen molar-refractivity contribution < 1.29 is 23.1 Å². The van der Waals surface area contributed by atoms with Crippen LogP contribution in [0.5, 0.6) is 5.88 Å². The zero-order valence-corrected chi connectivity index (χ0v) is 26.1. The quantitative estimate of drug-likeness (QED) is 0.166. The molecule has 0 spiro atoms. The van der Waals surface area contributed by atoms with E-state index in [9.17, 15) is 18.3 Å². The van der Waals surface area contributed by atoms with Crippen LogP contribution in [0.25, 0.3) is 22.0 Å². The Kier molecular flexibility index (Phi) is 8.80. The fourth-order valence-corrected chi connectivity index (χ4v) is 6.41. The second kappa shape index (κ2) is 12.6. The van der Waals surface area contributed by atoms with Crippen molar-refractivity contribution in [2.45, 2.75) is 50.6 Å². The number of rotatable bonds is 9. The lowest BCUT2D eigenvalue weighted by Crippen LogP contribution is -2.37. The third kappa shape index (κ3) is 6.64. The van der Waals surface area contributed by atoms with Crippen LogP contribution < -0.4 is 14.4 Å². The minimum Gasteiger partial charge on any atom is -0.394 e. The van der Waals surface area contributed by atoms with Gasteiger partial charge in [0.1, 0.15) is 0 Å². The van der Waals surface area contributed by atoms with Crippen molar-refractivity contribution in [1.82, 2.24) is 10.3 Å². The van der Waals surface area contributed by atoms with Crippen LogP contribution in [0.15, 0.2) is 108 Å². The van der Waals surface area contributed by atoms with E-state index in [1.54, 1.807) is 37.3 Å². The summed E-state index contributed by atoms with van der Waals surface area (Å²) >= 11 is 0. The monoisotopic (exact) mass is 611 g/mol. The van der Waals surface area contributed by atoms with Gasteiger partial charge in [0.15, 0.2) is 0 Å². The Labute approximate surface area is 258 Å². The summed E-state index contributed by atoms with van der Waals surface area (Å²) in [4.78, 5) is 16.0. The molecule has 4 aromatic carbocycles. The number of benzene rings is 4. The first-order valence-corrected chi connectivity index (χ1v) is 15.9. The van der Waals surface area contributed by atoms with E-state index in [0.29, 0.717) is 22.2 Å². The highest BCUT2D eigenvalue weighted by atomic mass is 32.2. The smallest absolute Gasteiger partial charge is 0.394 e. The van der Waals surface area contributed by atoms with Gasteiger partial charge in [0.2, 0.25) is 5.88 Å². The molecule has 44 heavy (non-hydrogen) atoms. The molecule has 228 valence electrons. The number of H-pyrrole nitrogens is 1. The summed E-state index contributed by atoms with van der Waals surface area (Å²) in [5, 5.41) is 12.6. The van der Waals surface area contributed by atoms with Gasteiger partial charge in [-0.15, -0.1) is 0 Å². The zero-order chi connectivity index (χ0) is 31.5. The number of aliphatic hydroxyl groups is 1. The van der Waals surface area contributed by atoms with Crippen molar-refractivity contribution in [3.05, 3.63) is 114 Å². The molecule has 3 N–H and O–H groups in total. The number of nitrogens with zero attached hydrogens (tertiary/aromatic N) is 1. The van der Waals surface area contributed by atoms with E-state index in [1.807, 2.05) is 72.8 Å². The van der Waals surface area contributed by atoms with Crippen molar-refractivity contribution in [3.63, 3.8) is 0 Å². The highest BCUT2D eigenvalue weighted by Gasteiger charge is 2.28. The number of sulfonamides is 1. The van der Waals surface area contributed by atoms with Gasteiger partial charge in [0, 0.05) is 10.9 Å². The number of fused-ring (bicyclic) bond motifs is 1. The van der Waals surface area contributed by atoms with Crippen LogP contribution in [0.3, 0.4) is 0 Å². The number of amides is 1. The van der Waals surface area contributed by atoms with E-state index in [1.165, 1.54) is 4.31 Å². The third-order valence-corrected chi connectivity index (χ3v) is 9.20. The molecule has 0 saturated carbocycles. The van der Waals surface area contributed by atoms with Crippen LogP contribution >= 0.6 is 0 Å². The predicted molar refractivity (Wildman–Crippen MR) is 174 cm³/mol. The molecule has 1 unspecified atom stereocenters. The Hall–Kier alpha value is -4.60. The lowest BCUT2D eigenvalue weighted by atomic mass is 9.87. The standard InChI is InChI=1S/C35H37N3O5S/c1-24(23-39)36-34(40)43-33-32(26-13-9-6-10-14-26)30-21-28(17-20-31(30)37-33)38(22-25-11-7-5-8-12-25)44(41,42)29-18-15-27(16-19-29)35(2,3)4/h5-21,24,37,39H,22-23H2,1-4H3,(H,36,40). The van der Waals surface area contributed by atoms with Gasteiger partial charge >= 0.3 is 6.09 Å². The van der Waals surface area contributed by atoms with Crippen LogP contribution in [0.2, 0.25) is 0 Å². The van der Waals surface area contributed by atoms with Crippen LogP contribution in [0.1, 0.15) is 38.8 Å². The van der Waals surface area contributed by atoms with E-state index >= 15 is 0 Å². The highest BCUT2D eigenvalue weighted by molar-refractivity contribution is 7.92. The molecule has 1 heterocycles. The summed E-state index contributed by atoms with van der Waals surface area (Å²) in [6.45, 7) is 7.80. The Bertz CT molecular complexity index is 1850.